The zero-order valence-corrected chi connectivity index (χ0v) is 34.4. The normalized spacial score (nSPS) is 40.9. The average Bonchev–Trinajstić information content (AvgIpc) is 2.89. The Morgan fingerprint density at radius 1 is 1.12 bits per heavy atom. The van der Waals surface area contributed by atoms with Gasteiger partial charge in [0.2, 0.25) is 0 Å². The van der Waals surface area contributed by atoms with Crippen LogP contribution in [0.4, 0.5) is 0 Å². The van der Waals surface area contributed by atoms with Crippen molar-refractivity contribution in [2.75, 3.05) is 18.8 Å². The largest absolute Gasteiger partial charge is 0.455 e. The minimum absolute atomic E-state index is 0. The number of ether oxygens (including phenoxy) is 3. The first-order valence-corrected chi connectivity index (χ1v) is 14.7. The van der Waals surface area contributed by atoms with Gasteiger partial charge in [-0.05, 0) is 43.4 Å². The van der Waals surface area contributed by atoms with Crippen LogP contribution in [0.2, 0.25) is 0 Å². The first-order valence-electron chi connectivity index (χ1n) is 13.3. The maximum absolute atomic E-state index is 14.5. The van der Waals surface area contributed by atoms with E-state index in [0.717, 1.165) is 0 Å². The molecule has 0 spiro atoms. The van der Waals surface area contributed by atoms with Crippen molar-refractivity contribution in [1.82, 2.24) is 0 Å². The quantitative estimate of drug-likeness (QED) is 0.196. The Labute approximate surface area is 316 Å². The molecule has 3 fully saturated rings. The van der Waals surface area contributed by atoms with Crippen molar-refractivity contribution in [2.24, 2.45) is 16.7 Å². The van der Waals surface area contributed by atoms with Crippen LogP contribution in [0, 0.1) is 105 Å². The third kappa shape index (κ3) is 5.48. The number of thioether (sulfide) groups is 1. The molecular formula is C29H38Ac2O9S. The van der Waals surface area contributed by atoms with Crippen molar-refractivity contribution in [3.05, 3.63) is 47.0 Å². The molecule has 9 nitrogen and oxygen atoms in total. The van der Waals surface area contributed by atoms with E-state index in [2.05, 4.69) is 0 Å². The first-order chi connectivity index (χ1) is 18.2. The van der Waals surface area contributed by atoms with Gasteiger partial charge < -0.3 is 34.6 Å². The van der Waals surface area contributed by atoms with Crippen molar-refractivity contribution in [3.63, 3.8) is 0 Å². The number of carbonyl (C=O) groups is 2. The molecule has 220 valence electrons. The zero-order chi connectivity index (χ0) is 28.5. The number of aliphatic hydroxyl groups excluding tert-OH is 2. The smallest absolute Gasteiger partial charge is 0.338 e. The van der Waals surface area contributed by atoms with Crippen LogP contribution in [0.3, 0.4) is 0 Å². The molecule has 0 amide bonds. The number of rotatable bonds is 5. The van der Waals surface area contributed by atoms with Crippen LogP contribution in [-0.2, 0) is 19.0 Å². The molecule has 12 heteroatoms. The summed E-state index contributed by atoms with van der Waals surface area (Å²) in [6.07, 6.45) is -4.09. The Balaban J connectivity index is 0.00000231. The summed E-state index contributed by atoms with van der Waals surface area (Å²) in [6.45, 7) is 6.45. The van der Waals surface area contributed by atoms with Crippen molar-refractivity contribution >= 4 is 23.5 Å². The fraction of sp³-hybridized carbons (Fsp3) is 0.655. The molecule has 9 atom stereocenters. The topological polar surface area (TPSA) is 143 Å². The molecule has 3 aliphatic carbocycles. The zero-order valence-electron chi connectivity index (χ0n) is 24.1. The van der Waals surface area contributed by atoms with Crippen LogP contribution < -0.4 is 0 Å². The predicted octanol–water partition coefficient (Wildman–Crippen LogP) is 1.86. The van der Waals surface area contributed by atoms with E-state index < -0.39 is 70.2 Å². The van der Waals surface area contributed by atoms with Crippen LogP contribution in [0.25, 0.3) is 0 Å². The van der Waals surface area contributed by atoms with Crippen LogP contribution in [-0.4, -0.2) is 92.7 Å². The van der Waals surface area contributed by atoms with Gasteiger partial charge in [0.1, 0.15) is 23.4 Å². The molecule has 4 aliphatic rings. The van der Waals surface area contributed by atoms with Gasteiger partial charge in [0.25, 0.3) is 0 Å². The van der Waals surface area contributed by atoms with Crippen LogP contribution in [0.1, 0.15) is 50.9 Å². The van der Waals surface area contributed by atoms with E-state index in [4.69, 9.17) is 14.2 Å². The second-order valence-electron chi connectivity index (χ2n) is 12.2. The first kappa shape index (κ1) is 36.6. The van der Waals surface area contributed by atoms with Gasteiger partial charge in [0.05, 0.1) is 41.8 Å². The number of hydrogen-bond donors (Lipinski definition) is 4. The van der Waals surface area contributed by atoms with E-state index in [0.29, 0.717) is 5.57 Å². The monoisotopic (exact) mass is 1020 g/mol. The standard InChI is InChI=1S/C29H38O9S.2Ac/c1-15-17(30)12-29(35)24(38-25(33)16-9-7-6-8-10-16)22-27(4,23(32)21(31)20(15)26(29,2)3)18(37-14-39-5)11-19-28(22,34)13-36-19;;/h6-10,17-19,21-22,24,30-31,34-35H,11-14H2,1-5H3;;/t17?,18?,19?,21?,22?,24?,27-,28+,29?;;/m1../s1. The number of carbonyl (C=O) groups excluding carboxylic acids is 2. The van der Waals surface area contributed by atoms with Gasteiger partial charge in [-0.15, -0.1) is 11.8 Å². The summed E-state index contributed by atoms with van der Waals surface area (Å²) in [7, 11) is 0. The molecule has 1 heterocycles. The molecule has 2 saturated carbocycles. The molecule has 1 aromatic rings. The maximum Gasteiger partial charge on any atom is 0.338 e. The minimum atomic E-state index is -1.98. The summed E-state index contributed by atoms with van der Waals surface area (Å²) in [6, 6.07) is 8.28. The molecule has 7 unspecified atom stereocenters. The number of esters is 1. The van der Waals surface area contributed by atoms with E-state index in [1.165, 1.54) is 11.8 Å². The van der Waals surface area contributed by atoms with Gasteiger partial charge in [-0.3, -0.25) is 4.79 Å². The Morgan fingerprint density at radius 2 is 1.76 bits per heavy atom. The fourth-order valence-corrected chi connectivity index (χ4v) is 7.94. The van der Waals surface area contributed by atoms with Gasteiger partial charge in [-0.25, -0.2) is 4.79 Å². The second kappa shape index (κ2) is 13.1. The summed E-state index contributed by atoms with van der Waals surface area (Å²) in [5.41, 5.74) is -5.72. The van der Waals surface area contributed by atoms with E-state index in [1.807, 2.05) is 6.26 Å². The summed E-state index contributed by atoms with van der Waals surface area (Å²) in [5.74, 6) is -2.32. The predicted molar refractivity (Wildman–Crippen MR) is 143 cm³/mol. The van der Waals surface area contributed by atoms with Gasteiger partial charge in [-0.1, -0.05) is 32.0 Å². The molecule has 41 heavy (non-hydrogen) atoms. The molecule has 2 radical (unpaired) electrons. The Kier molecular flexibility index (Phi) is 11.7. The number of Topliss-reactive ketones (excluding diaryl/α,β-unsaturated/α-hetero) is 1. The Bertz CT molecular complexity index is 1200. The number of hydrogen-bond acceptors (Lipinski definition) is 10. The Hall–Kier alpha value is 1.09. The van der Waals surface area contributed by atoms with Crippen molar-refractivity contribution in [2.45, 2.75) is 82.3 Å². The maximum atomic E-state index is 14.5. The SMILES string of the molecule is CSCOC1CC2OC[C@@]2(O)C2C(OC(=O)c3ccccc3)C3(O)CC(O)C(C)=C(C(O)C(=O)[C@]12C)C3(C)C.[Ac].[Ac]. The van der Waals surface area contributed by atoms with Gasteiger partial charge in [-0.2, -0.15) is 0 Å². The summed E-state index contributed by atoms with van der Waals surface area (Å²) in [4.78, 5) is 28.0. The molecule has 4 N–H and O–H groups in total. The van der Waals surface area contributed by atoms with Gasteiger partial charge in [0, 0.05) is 112 Å². The average molecular weight is 1020 g/mol. The molecule has 1 aliphatic heterocycles. The number of aliphatic hydroxyl groups is 4. The van der Waals surface area contributed by atoms with Crippen LogP contribution in [0.15, 0.2) is 41.5 Å². The number of ketones is 1. The Morgan fingerprint density at radius 3 is 2.32 bits per heavy atom. The summed E-state index contributed by atoms with van der Waals surface area (Å²) < 4.78 is 18.1. The van der Waals surface area contributed by atoms with Crippen LogP contribution in [0.5, 0.6) is 0 Å². The second-order valence-corrected chi connectivity index (χ2v) is 13.0. The van der Waals surface area contributed by atoms with Crippen molar-refractivity contribution in [3.8, 4) is 0 Å². The minimum Gasteiger partial charge on any atom is -0.455 e. The molecular weight excluding hydrogens is 978 g/mol. The fourth-order valence-electron chi connectivity index (χ4n) is 7.64. The molecule has 5 rings (SSSR count). The third-order valence-electron chi connectivity index (χ3n) is 10.00. The van der Waals surface area contributed by atoms with Crippen LogP contribution >= 0.6 is 11.8 Å². The van der Waals surface area contributed by atoms with Crippen molar-refractivity contribution < 1.29 is 132 Å². The van der Waals surface area contributed by atoms with E-state index in [9.17, 15) is 30.0 Å². The third-order valence-corrected chi connectivity index (χ3v) is 10.4. The number of fused-ring (bicyclic) bond motifs is 5. The number of benzene rings is 1. The van der Waals surface area contributed by atoms with E-state index in [-0.39, 0.29) is 125 Å². The van der Waals surface area contributed by atoms with Crippen molar-refractivity contribution in [1.29, 1.82) is 0 Å². The molecule has 1 aromatic carbocycles. The van der Waals surface area contributed by atoms with E-state index >= 15 is 0 Å². The van der Waals surface area contributed by atoms with Gasteiger partial charge in [0.15, 0.2) is 5.78 Å². The van der Waals surface area contributed by atoms with E-state index in [1.54, 1.807) is 58.0 Å². The molecule has 2 bridgehead atoms. The molecule has 0 aromatic heterocycles. The van der Waals surface area contributed by atoms with Gasteiger partial charge >= 0.3 is 5.97 Å². The summed E-state index contributed by atoms with van der Waals surface area (Å²) >= 11 is 1.41. The molecule has 1 saturated heterocycles. The summed E-state index contributed by atoms with van der Waals surface area (Å²) in [5, 5.41) is 47.5.